The Morgan fingerprint density at radius 2 is 1.50 bits per heavy atom. The second-order valence-electron chi connectivity index (χ2n) is 4.89. The van der Waals surface area contributed by atoms with Crippen molar-refractivity contribution in [1.82, 2.24) is 0 Å². The van der Waals surface area contributed by atoms with Gasteiger partial charge in [-0.15, -0.1) is 6.58 Å². The van der Waals surface area contributed by atoms with E-state index in [0.29, 0.717) is 6.04 Å². The Kier molecular flexibility index (Phi) is 12.5. The molecule has 1 nitrogen and oxygen atoms in total. The van der Waals surface area contributed by atoms with Crippen molar-refractivity contribution < 1.29 is 0 Å². The lowest BCUT2D eigenvalue weighted by Gasteiger charge is -2.10. The minimum absolute atomic E-state index is 0.426. The van der Waals surface area contributed by atoms with Gasteiger partial charge in [-0.25, -0.2) is 0 Å². The molecule has 16 heavy (non-hydrogen) atoms. The summed E-state index contributed by atoms with van der Waals surface area (Å²) in [6.07, 6.45) is 16.4. The molecule has 0 aromatic carbocycles. The van der Waals surface area contributed by atoms with E-state index in [1.165, 1.54) is 64.2 Å². The summed E-state index contributed by atoms with van der Waals surface area (Å²) < 4.78 is 0. The number of hydrogen-bond acceptors (Lipinski definition) is 1. The summed E-state index contributed by atoms with van der Waals surface area (Å²) in [4.78, 5) is 0. The molecule has 2 N–H and O–H groups in total. The molecule has 0 spiro atoms. The van der Waals surface area contributed by atoms with Gasteiger partial charge in [0.15, 0.2) is 0 Å². The van der Waals surface area contributed by atoms with Crippen molar-refractivity contribution in [3.8, 4) is 0 Å². The summed E-state index contributed by atoms with van der Waals surface area (Å²) in [5, 5.41) is 0. The fourth-order valence-electron chi connectivity index (χ4n) is 2.03. The highest BCUT2D eigenvalue weighted by Gasteiger charge is 2.01. The molecule has 0 heterocycles. The molecule has 0 radical (unpaired) electrons. The number of unbranched alkanes of at least 4 members (excludes halogenated alkanes) is 7. The third kappa shape index (κ3) is 11.8. The molecule has 0 rings (SSSR count). The maximum absolute atomic E-state index is 6.04. The lowest BCUT2D eigenvalue weighted by Crippen LogP contribution is -2.19. The third-order valence-corrected chi connectivity index (χ3v) is 3.16. The largest absolute Gasteiger partial charge is 0.328 e. The Hall–Kier alpha value is -0.300. The van der Waals surface area contributed by atoms with Crippen molar-refractivity contribution in [3.63, 3.8) is 0 Å². The van der Waals surface area contributed by atoms with Crippen LogP contribution in [0.4, 0.5) is 0 Å². The molecule has 96 valence electrons. The Labute approximate surface area is 102 Å². The van der Waals surface area contributed by atoms with Crippen molar-refractivity contribution in [2.75, 3.05) is 0 Å². The van der Waals surface area contributed by atoms with E-state index in [1.807, 2.05) is 6.08 Å². The first-order valence-electron chi connectivity index (χ1n) is 7.17. The van der Waals surface area contributed by atoms with E-state index in [9.17, 15) is 0 Å². The molecule has 0 aromatic heterocycles. The van der Waals surface area contributed by atoms with Crippen LogP contribution in [0.1, 0.15) is 77.6 Å². The quantitative estimate of drug-likeness (QED) is 0.374. The van der Waals surface area contributed by atoms with Crippen molar-refractivity contribution in [1.29, 1.82) is 0 Å². The number of hydrogen-bond donors (Lipinski definition) is 1. The van der Waals surface area contributed by atoms with Crippen molar-refractivity contribution in [2.24, 2.45) is 5.73 Å². The van der Waals surface area contributed by atoms with Gasteiger partial charge in [-0.1, -0.05) is 57.9 Å². The van der Waals surface area contributed by atoms with Gasteiger partial charge in [0, 0.05) is 6.04 Å². The third-order valence-electron chi connectivity index (χ3n) is 3.16. The Balaban J connectivity index is 3.08. The summed E-state index contributed by atoms with van der Waals surface area (Å²) in [6.45, 7) is 5.99. The minimum atomic E-state index is 0.426. The Morgan fingerprint density at radius 1 is 0.938 bits per heavy atom. The van der Waals surface area contributed by atoms with Crippen LogP contribution in [0.3, 0.4) is 0 Å². The highest BCUT2D eigenvalue weighted by Crippen LogP contribution is 2.11. The van der Waals surface area contributed by atoms with Gasteiger partial charge in [0.1, 0.15) is 0 Å². The molecule has 0 saturated carbocycles. The van der Waals surface area contributed by atoms with Crippen LogP contribution in [0.25, 0.3) is 0 Å². The SMILES string of the molecule is C=CCCCC(N)CCCCCCCCC. The van der Waals surface area contributed by atoms with Crippen LogP contribution in [0.2, 0.25) is 0 Å². The van der Waals surface area contributed by atoms with Crippen molar-refractivity contribution in [3.05, 3.63) is 12.7 Å². The summed E-state index contributed by atoms with van der Waals surface area (Å²) in [6, 6.07) is 0.426. The number of rotatable bonds is 12. The fraction of sp³-hybridized carbons (Fsp3) is 0.867. The van der Waals surface area contributed by atoms with Gasteiger partial charge < -0.3 is 5.73 Å². The molecular weight excluding hydrogens is 194 g/mol. The van der Waals surface area contributed by atoms with Gasteiger partial charge in [-0.3, -0.25) is 0 Å². The Bertz CT molecular complexity index is 142. The molecule has 1 unspecified atom stereocenters. The van der Waals surface area contributed by atoms with Crippen LogP contribution >= 0.6 is 0 Å². The summed E-state index contributed by atoms with van der Waals surface area (Å²) in [5.41, 5.74) is 6.04. The predicted octanol–water partition coefficient (Wildman–Crippen LogP) is 4.81. The molecule has 0 saturated heterocycles. The van der Waals surface area contributed by atoms with E-state index in [1.54, 1.807) is 0 Å². The van der Waals surface area contributed by atoms with E-state index in [0.717, 1.165) is 6.42 Å². The fourth-order valence-corrected chi connectivity index (χ4v) is 2.03. The summed E-state index contributed by atoms with van der Waals surface area (Å²) in [7, 11) is 0. The second-order valence-corrected chi connectivity index (χ2v) is 4.89. The predicted molar refractivity (Wildman–Crippen MR) is 74.6 cm³/mol. The van der Waals surface area contributed by atoms with Gasteiger partial charge in [-0.2, -0.15) is 0 Å². The zero-order chi connectivity index (χ0) is 12.1. The standard InChI is InChI=1S/C15H31N/c1-3-5-7-8-9-10-12-14-15(16)13-11-6-4-2/h4,15H,2-3,5-14,16H2,1H3. The molecule has 1 atom stereocenters. The maximum Gasteiger partial charge on any atom is 0.00389 e. The van der Waals surface area contributed by atoms with E-state index in [4.69, 9.17) is 5.73 Å². The lowest BCUT2D eigenvalue weighted by molar-refractivity contribution is 0.500. The zero-order valence-corrected chi connectivity index (χ0v) is 11.2. The first kappa shape index (κ1) is 15.7. The first-order chi connectivity index (χ1) is 7.81. The molecule has 0 aromatic rings. The lowest BCUT2D eigenvalue weighted by atomic mass is 10.0. The molecule has 0 aliphatic carbocycles. The van der Waals surface area contributed by atoms with E-state index in [-0.39, 0.29) is 0 Å². The number of allylic oxidation sites excluding steroid dienone is 1. The molecule has 0 amide bonds. The van der Waals surface area contributed by atoms with Gasteiger partial charge >= 0.3 is 0 Å². The van der Waals surface area contributed by atoms with Crippen LogP contribution in [0.15, 0.2) is 12.7 Å². The van der Waals surface area contributed by atoms with Crippen LogP contribution in [-0.2, 0) is 0 Å². The molecular formula is C15H31N. The van der Waals surface area contributed by atoms with E-state index < -0.39 is 0 Å². The van der Waals surface area contributed by atoms with Gasteiger partial charge in [0.2, 0.25) is 0 Å². The normalized spacial score (nSPS) is 12.6. The van der Waals surface area contributed by atoms with E-state index in [2.05, 4.69) is 13.5 Å². The van der Waals surface area contributed by atoms with Crippen LogP contribution in [0, 0.1) is 0 Å². The summed E-state index contributed by atoms with van der Waals surface area (Å²) in [5.74, 6) is 0. The first-order valence-corrected chi connectivity index (χ1v) is 7.17. The van der Waals surface area contributed by atoms with Crippen molar-refractivity contribution in [2.45, 2.75) is 83.6 Å². The van der Waals surface area contributed by atoms with Gasteiger partial charge in [0.25, 0.3) is 0 Å². The maximum atomic E-state index is 6.04. The van der Waals surface area contributed by atoms with Crippen LogP contribution in [-0.4, -0.2) is 6.04 Å². The van der Waals surface area contributed by atoms with Gasteiger partial charge in [-0.05, 0) is 25.7 Å². The highest BCUT2D eigenvalue weighted by atomic mass is 14.6. The molecule has 0 fully saturated rings. The minimum Gasteiger partial charge on any atom is -0.328 e. The van der Waals surface area contributed by atoms with Crippen LogP contribution in [0.5, 0.6) is 0 Å². The average Bonchev–Trinajstić information content (AvgIpc) is 2.28. The van der Waals surface area contributed by atoms with Crippen LogP contribution < -0.4 is 5.73 Å². The second kappa shape index (κ2) is 12.8. The van der Waals surface area contributed by atoms with E-state index >= 15 is 0 Å². The molecule has 1 heteroatoms. The molecule has 0 aliphatic heterocycles. The van der Waals surface area contributed by atoms with Crippen molar-refractivity contribution >= 4 is 0 Å². The smallest absolute Gasteiger partial charge is 0.00389 e. The average molecular weight is 225 g/mol. The number of nitrogens with two attached hydrogens (primary N) is 1. The monoisotopic (exact) mass is 225 g/mol. The Morgan fingerprint density at radius 3 is 2.12 bits per heavy atom. The van der Waals surface area contributed by atoms with Gasteiger partial charge in [0.05, 0.1) is 0 Å². The zero-order valence-electron chi connectivity index (χ0n) is 11.2. The molecule has 0 aliphatic rings. The topological polar surface area (TPSA) is 26.0 Å². The highest BCUT2D eigenvalue weighted by molar-refractivity contribution is 4.69. The molecule has 0 bridgehead atoms. The summed E-state index contributed by atoms with van der Waals surface area (Å²) >= 11 is 0.